The highest BCUT2D eigenvalue weighted by molar-refractivity contribution is 9.10. The molecule has 0 aliphatic rings. The Morgan fingerprint density at radius 2 is 1.82 bits per heavy atom. The van der Waals surface area contributed by atoms with E-state index in [0.717, 1.165) is 28.2 Å². The summed E-state index contributed by atoms with van der Waals surface area (Å²) in [6.07, 6.45) is -3.56. The van der Waals surface area contributed by atoms with E-state index in [4.69, 9.17) is 11.6 Å². The second-order valence-corrected chi connectivity index (χ2v) is 6.91. The summed E-state index contributed by atoms with van der Waals surface area (Å²) < 4.78 is 39.0. The Morgan fingerprint density at radius 3 is 2.50 bits per heavy atom. The van der Waals surface area contributed by atoms with Crippen LogP contribution in [0.4, 0.5) is 18.9 Å². The molecule has 0 aromatic heterocycles. The lowest BCUT2D eigenvalue weighted by Gasteiger charge is -2.11. The standard InChI is InChI=1S/C18H14BrClF3N3O2/c19-13-3-1-2-11(8-13)10-24-26-17(28)7-6-16(27)25-15-9-12(18(21,22)23)4-5-14(15)20/h1-5,8-10H,6-7H2,(H,25,27)(H,26,28)/b24-10+. The van der Waals surface area contributed by atoms with E-state index in [-0.39, 0.29) is 23.6 Å². The number of amides is 2. The zero-order valence-electron chi connectivity index (χ0n) is 14.2. The summed E-state index contributed by atoms with van der Waals surface area (Å²) in [6.45, 7) is 0. The summed E-state index contributed by atoms with van der Waals surface area (Å²) in [4.78, 5) is 23.6. The molecule has 0 atom stereocenters. The first-order valence-electron chi connectivity index (χ1n) is 7.89. The van der Waals surface area contributed by atoms with Crippen LogP contribution in [0.3, 0.4) is 0 Å². The fourth-order valence-corrected chi connectivity index (χ4v) is 2.64. The maximum absolute atomic E-state index is 12.7. The van der Waals surface area contributed by atoms with E-state index in [1.165, 1.54) is 6.21 Å². The topological polar surface area (TPSA) is 70.6 Å². The van der Waals surface area contributed by atoms with Crippen LogP contribution < -0.4 is 10.7 Å². The van der Waals surface area contributed by atoms with Crippen LogP contribution in [0.2, 0.25) is 5.02 Å². The summed E-state index contributed by atoms with van der Waals surface area (Å²) in [6, 6.07) is 9.82. The maximum atomic E-state index is 12.7. The van der Waals surface area contributed by atoms with Crippen molar-refractivity contribution in [1.29, 1.82) is 0 Å². The lowest BCUT2D eigenvalue weighted by Crippen LogP contribution is -2.21. The molecule has 0 saturated heterocycles. The Hall–Kier alpha value is -2.39. The minimum absolute atomic E-state index is 0.0376. The monoisotopic (exact) mass is 475 g/mol. The fraction of sp³-hybridized carbons (Fsp3) is 0.167. The minimum atomic E-state index is -4.56. The average molecular weight is 477 g/mol. The first kappa shape index (κ1) is 21.9. The predicted octanol–water partition coefficient (Wildman–Crippen LogP) is 4.99. The van der Waals surface area contributed by atoms with Gasteiger partial charge >= 0.3 is 6.18 Å². The second-order valence-electron chi connectivity index (χ2n) is 5.59. The van der Waals surface area contributed by atoms with Gasteiger partial charge in [-0.05, 0) is 35.9 Å². The molecular weight excluding hydrogens is 463 g/mol. The van der Waals surface area contributed by atoms with Crippen molar-refractivity contribution >= 4 is 51.2 Å². The third kappa shape index (κ3) is 6.97. The number of anilines is 1. The van der Waals surface area contributed by atoms with Crippen molar-refractivity contribution in [2.75, 3.05) is 5.32 Å². The maximum Gasteiger partial charge on any atom is 0.416 e. The molecular formula is C18H14BrClF3N3O2. The van der Waals surface area contributed by atoms with Crippen molar-refractivity contribution in [3.8, 4) is 0 Å². The molecule has 0 aliphatic carbocycles. The molecule has 0 aliphatic heterocycles. The second kappa shape index (κ2) is 9.70. The lowest BCUT2D eigenvalue weighted by atomic mass is 10.2. The van der Waals surface area contributed by atoms with Crippen molar-refractivity contribution in [2.45, 2.75) is 19.0 Å². The number of nitrogens with one attached hydrogen (secondary N) is 2. The molecule has 2 aromatic carbocycles. The molecule has 2 amide bonds. The van der Waals surface area contributed by atoms with Crippen molar-refractivity contribution in [3.63, 3.8) is 0 Å². The Morgan fingerprint density at radius 1 is 1.11 bits per heavy atom. The summed E-state index contributed by atoms with van der Waals surface area (Å²) in [5.41, 5.74) is 1.92. The molecule has 0 bridgehead atoms. The van der Waals surface area contributed by atoms with Gasteiger partial charge in [-0.25, -0.2) is 5.43 Å². The van der Waals surface area contributed by atoms with E-state index < -0.39 is 23.6 Å². The van der Waals surface area contributed by atoms with Crippen LogP contribution in [0.25, 0.3) is 0 Å². The largest absolute Gasteiger partial charge is 0.416 e. The van der Waals surface area contributed by atoms with Crippen molar-refractivity contribution < 1.29 is 22.8 Å². The van der Waals surface area contributed by atoms with E-state index in [0.29, 0.717) is 0 Å². The van der Waals surface area contributed by atoms with Crippen molar-refractivity contribution in [1.82, 2.24) is 5.43 Å². The number of alkyl halides is 3. The van der Waals surface area contributed by atoms with Gasteiger partial charge in [0.1, 0.15) is 0 Å². The highest BCUT2D eigenvalue weighted by Gasteiger charge is 2.31. The molecule has 0 spiro atoms. The molecule has 5 nitrogen and oxygen atoms in total. The molecule has 0 radical (unpaired) electrons. The minimum Gasteiger partial charge on any atom is -0.325 e. The Bertz CT molecular complexity index is 904. The Balaban J connectivity index is 1.84. The summed E-state index contributed by atoms with van der Waals surface area (Å²) >= 11 is 9.11. The number of hydrazone groups is 1. The van der Waals surface area contributed by atoms with Gasteiger partial charge in [-0.3, -0.25) is 9.59 Å². The van der Waals surface area contributed by atoms with Gasteiger partial charge in [0.2, 0.25) is 11.8 Å². The van der Waals surface area contributed by atoms with Crippen molar-refractivity contribution in [2.24, 2.45) is 5.10 Å². The van der Waals surface area contributed by atoms with Gasteiger partial charge in [-0.2, -0.15) is 18.3 Å². The number of benzene rings is 2. The summed E-state index contributed by atoms with van der Waals surface area (Å²) in [7, 11) is 0. The molecule has 28 heavy (non-hydrogen) atoms. The van der Waals surface area contributed by atoms with Crippen LogP contribution in [0.15, 0.2) is 52.0 Å². The molecule has 2 aromatic rings. The normalized spacial score (nSPS) is 11.5. The summed E-state index contributed by atoms with van der Waals surface area (Å²) in [5, 5.41) is 6.01. The van der Waals surface area contributed by atoms with E-state index >= 15 is 0 Å². The quantitative estimate of drug-likeness (QED) is 0.455. The molecule has 148 valence electrons. The molecule has 10 heteroatoms. The highest BCUT2D eigenvalue weighted by Crippen LogP contribution is 2.33. The molecule has 2 N–H and O–H groups in total. The number of halogens is 5. The first-order valence-corrected chi connectivity index (χ1v) is 9.06. The van der Waals surface area contributed by atoms with Crippen LogP contribution in [0.5, 0.6) is 0 Å². The lowest BCUT2D eigenvalue weighted by molar-refractivity contribution is -0.137. The number of hydrogen-bond donors (Lipinski definition) is 2. The van der Waals surface area contributed by atoms with E-state index in [1.54, 1.807) is 18.2 Å². The van der Waals surface area contributed by atoms with Gasteiger partial charge in [0, 0.05) is 17.3 Å². The van der Waals surface area contributed by atoms with Crippen LogP contribution in [-0.2, 0) is 15.8 Å². The third-order valence-electron chi connectivity index (χ3n) is 3.40. The average Bonchev–Trinajstić information content (AvgIpc) is 2.61. The van der Waals surface area contributed by atoms with Gasteiger partial charge < -0.3 is 5.32 Å². The number of rotatable bonds is 6. The van der Waals surface area contributed by atoms with E-state index in [2.05, 4.69) is 31.8 Å². The molecule has 0 unspecified atom stereocenters. The molecule has 0 fully saturated rings. The van der Waals surface area contributed by atoms with Gasteiger partial charge in [-0.1, -0.05) is 39.7 Å². The highest BCUT2D eigenvalue weighted by atomic mass is 79.9. The zero-order valence-corrected chi connectivity index (χ0v) is 16.5. The molecule has 0 heterocycles. The number of hydrogen-bond acceptors (Lipinski definition) is 3. The number of nitrogens with zero attached hydrogens (tertiary/aromatic N) is 1. The third-order valence-corrected chi connectivity index (χ3v) is 4.22. The number of carbonyl (C=O) groups is 2. The smallest absolute Gasteiger partial charge is 0.325 e. The van der Waals surface area contributed by atoms with Gasteiger partial charge in [0.25, 0.3) is 0 Å². The van der Waals surface area contributed by atoms with Crippen molar-refractivity contribution in [3.05, 3.63) is 63.1 Å². The van der Waals surface area contributed by atoms with Crippen LogP contribution in [0.1, 0.15) is 24.0 Å². The van der Waals surface area contributed by atoms with Gasteiger partial charge in [0.05, 0.1) is 22.5 Å². The fourth-order valence-electron chi connectivity index (χ4n) is 2.06. The van der Waals surface area contributed by atoms with Crippen LogP contribution in [0, 0.1) is 0 Å². The summed E-state index contributed by atoms with van der Waals surface area (Å²) in [5.74, 6) is -1.16. The van der Waals surface area contributed by atoms with E-state index in [1.807, 2.05) is 6.07 Å². The predicted molar refractivity (Wildman–Crippen MR) is 104 cm³/mol. The molecule has 2 rings (SSSR count). The van der Waals surface area contributed by atoms with E-state index in [9.17, 15) is 22.8 Å². The molecule has 0 saturated carbocycles. The Labute approximate surface area is 172 Å². The van der Waals surface area contributed by atoms with Crippen LogP contribution in [-0.4, -0.2) is 18.0 Å². The SMILES string of the molecule is O=C(CCC(=O)Nc1cc(C(F)(F)F)ccc1Cl)N/N=C/c1cccc(Br)c1. The van der Waals surface area contributed by atoms with Crippen LogP contribution >= 0.6 is 27.5 Å². The first-order chi connectivity index (χ1) is 13.1. The number of carbonyl (C=O) groups excluding carboxylic acids is 2. The Kier molecular flexibility index (Phi) is 7.59. The van der Waals surface area contributed by atoms with Gasteiger partial charge in [0.15, 0.2) is 0 Å². The van der Waals surface area contributed by atoms with Gasteiger partial charge in [-0.15, -0.1) is 0 Å². The zero-order chi connectivity index (χ0) is 20.7.